The van der Waals surface area contributed by atoms with Crippen LogP contribution in [0.5, 0.6) is 0 Å². The van der Waals surface area contributed by atoms with Crippen molar-refractivity contribution in [2.45, 2.75) is 0 Å². The van der Waals surface area contributed by atoms with Gasteiger partial charge in [-0.2, -0.15) is 0 Å². The van der Waals surface area contributed by atoms with E-state index in [4.69, 9.17) is 0 Å². The molecule has 0 radical (unpaired) electrons. The lowest BCUT2D eigenvalue weighted by Gasteiger charge is -2.35. The van der Waals surface area contributed by atoms with E-state index < -0.39 is 0 Å². The highest BCUT2D eigenvalue weighted by Gasteiger charge is 2.15. The minimum atomic E-state index is 0.731. The van der Waals surface area contributed by atoms with Gasteiger partial charge in [-0.25, -0.2) is 0 Å². The molecule has 0 atom stereocenters. The van der Waals surface area contributed by atoms with Gasteiger partial charge in [0.1, 0.15) is 5.69 Å². The van der Waals surface area contributed by atoms with Crippen molar-refractivity contribution in [3.8, 4) is 0 Å². The Labute approximate surface area is 83.7 Å². The predicted molar refractivity (Wildman–Crippen MR) is 55.3 cm³/mol. The van der Waals surface area contributed by atoms with Crippen molar-refractivity contribution in [2.75, 3.05) is 38.2 Å². The summed E-state index contributed by atoms with van der Waals surface area (Å²) < 4.78 is 1.94. The Hall–Kier alpha value is -1.29. The van der Waals surface area contributed by atoms with Gasteiger partial charge in [0.2, 0.25) is 0 Å². The molecule has 0 N–H and O–H groups in total. The number of nitrogens with zero attached hydrogens (tertiary/aromatic N) is 3. The lowest BCUT2D eigenvalue weighted by molar-refractivity contribution is 0.111. The van der Waals surface area contributed by atoms with Gasteiger partial charge in [0.25, 0.3) is 0 Å². The summed E-state index contributed by atoms with van der Waals surface area (Å²) in [7, 11) is 2.12. The fourth-order valence-electron chi connectivity index (χ4n) is 1.75. The van der Waals surface area contributed by atoms with Crippen molar-refractivity contribution >= 4 is 6.29 Å². The molecule has 76 valence electrons. The van der Waals surface area contributed by atoms with E-state index in [1.54, 1.807) is 0 Å². The van der Waals surface area contributed by atoms with Gasteiger partial charge in [0.05, 0.1) is 0 Å². The van der Waals surface area contributed by atoms with Gasteiger partial charge in [-0.3, -0.25) is 9.47 Å². The Morgan fingerprint density at radius 1 is 1.29 bits per heavy atom. The summed E-state index contributed by atoms with van der Waals surface area (Å²) in [6.07, 6.45) is 2.84. The van der Waals surface area contributed by atoms with Crippen LogP contribution in [0.15, 0.2) is 18.3 Å². The molecule has 1 aromatic heterocycles. The summed E-state index contributed by atoms with van der Waals surface area (Å²) in [5.74, 6) is 0. The average molecular weight is 193 g/mol. The van der Waals surface area contributed by atoms with E-state index in [0.29, 0.717) is 0 Å². The number of likely N-dealkylation sites (N-methyl/N-ethyl adjacent to an activating group) is 1. The van der Waals surface area contributed by atoms with Crippen LogP contribution in [0.2, 0.25) is 0 Å². The first kappa shape index (κ1) is 9.27. The second kappa shape index (κ2) is 3.84. The molecule has 0 aliphatic carbocycles. The van der Waals surface area contributed by atoms with Gasteiger partial charge in [0, 0.05) is 32.4 Å². The zero-order valence-electron chi connectivity index (χ0n) is 8.39. The van der Waals surface area contributed by atoms with Gasteiger partial charge in [-0.05, 0) is 19.2 Å². The largest absolute Gasteiger partial charge is 0.310 e. The highest BCUT2D eigenvalue weighted by Crippen LogP contribution is 2.04. The maximum absolute atomic E-state index is 10.7. The molecule has 1 fully saturated rings. The Bertz CT molecular complexity index is 313. The molecule has 14 heavy (non-hydrogen) atoms. The fraction of sp³-hybridized carbons (Fsp3) is 0.500. The van der Waals surface area contributed by atoms with Crippen molar-refractivity contribution in [1.29, 1.82) is 0 Å². The van der Waals surface area contributed by atoms with E-state index >= 15 is 0 Å². The zero-order chi connectivity index (χ0) is 9.97. The zero-order valence-corrected chi connectivity index (χ0v) is 8.39. The SMILES string of the molecule is CN1CCN(n2cccc2C=O)CC1. The summed E-state index contributed by atoms with van der Waals surface area (Å²) in [6.45, 7) is 4.06. The highest BCUT2D eigenvalue weighted by molar-refractivity contribution is 5.72. The first-order valence-corrected chi connectivity index (χ1v) is 4.87. The van der Waals surface area contributed by atoms with Crippen molar-refractivity contribution in [3.63, 3.8) is 0 Å². The van der Waals surface area contributed by atoms with Crippen molar-refractivity contribution < 1.29 is 4.79 Å². The van der Waals surface area contributed by atoms with Crippen molar-refractivity contribution in [3.05, 3.63) is 24.0 Å². The first-order chi connectivity index (χ1) is 6.81. The molecule has 4 heteroatoms. The molecule has 1 aliphatic rings. The van der Waals surface area contributed by atoms with E-state index in [2.05, 4.69) is 17.0 Å². The van der Waals surface area contributed by atoms with Crippen LogP contribution in [0.4, 0.5) is 0 Å². The summed E-state index contributed by atoms with van der Waals surface area (Å²) in [5.41, 5.74) is 0.731. The smallest absolute Gasteiger partial charge is 0.168 e. The molecule has 1 aromatic rings. The molecule has 2 heterocycles. The summed E-state index contributed by atoms with van der Waals surface area (Å²) in [4.78, 5) is 13.0. The highest BCUT2D eigenvalue weighted by atomic mass is 16.1. The Balaban J connectivity index is 2.11. The Morgan fingerprint density at radius 2 is 2.00 bits per heavy atom. The van der Waals surface area contributed by atoms with E-state index in [9.17, 15) is 4.79 Å². The number of rotatable bonds is 2. The molecule has 1 saturated heterocycles. The molecule has 4 nitrogen and oxygen atoms in total. The number of carbonyl (C=O) groups excluding carboxylic acids is 1. The number of piperazine rings is 1. The van der Waals surface area contributed by atoms with Gasteiger partial charge in [-0.15, -0.1) is 0 Å². The normalized spacial score (nSPS) is 18.5. The first-order valence-electron chi connectivity index (χ1n) is 4.87. The fourth-order valence-corrected chi connectivity index (χ4v) is 1.75. The Kier molecular flexibility index (Phi) is 2.54. The third kappa shape index (κ3) is 1.65. The quantitative estimate of drug-likeness (QED) is 0.627. The molecular formula is C10H15N3O. The van der Waals surface area contributed by atoms with Crippen LogP contribution in [0.25, 0.3) is 0 Å². The summed E-state index contributed by atoms with van der Waals surface area (Å²) in [6, 6.07) is 3.74. The molecule has 2 rings (SSSR count). The van der Waals surface area contributed by atoms with E-state index in [0.717, 1.165) is 38.2 Å². The van der Waals surface area contributed by atoms with Crippen LogP contribution in [-0.2, 0) is 0 Å². The number of carbonyl (C=O) groups is 1. The van der Waals surface area contributed by atoms with Crippen LogP contribution < -0.4 is 5.01 Å². The van der Waals surface area contributed by atoms with Crippen LogP contribution in [0.1, 0.15) is 10.5 Å². The molecule has 0 aromatic carbocycles. The van der Waals surface area contributed by atoms with Crippen LogP contribution in [0.3, 0.4) is 0 Å². The number of aldehydes is 1. The van der Waals surface area contributed by atoms with Crippen LogP contribution >= 0.6 is 0 Å². The van der Waals surface area contributed by atoms with Gasteiger partial charge in [-0.1, -0.05) is 0 Å². The molecule has 1 aliphatic heterocycles. The summed E-state index contributed by atoms with van der Waals surface area (Å²) in [5, 5.41) is 2.20. The van der Waals surface area contributed by atoms with E-state index in [-0.39, 0.29) is 0 Å². The van der Waals surface area contributed by atoms with Gasteiger partial charge >= 0.3 is 0 Å². The third-order valence-corrected chi connectivity index (χ3v) is 2.66. The topological polar surface area (TPSA) is 28.5 Å². The molecule has 0 unspecified atom stereocenters. The van der Waals surface area contributed by atoms with Crippen LogP contribution in [-0.4, -0.2) is 49.1 Å². The number of hydrogen-bond donors (Lipinski definition) is 0. The van der Waals surface area contributed by atoms with Gasteiger partial charge in [0.15, 0.2) is 6.29 Å². The number of hydrogen-bond acceptors (Lipinski definition) is 3. The van der Waals surface area contributed by atoms with Crippen molar-refractivity contribution in [2.24, 2.45) is 0 Å². The minimum absolute atomic E-state index is 0.731. The number of aromatic nitrogens is 1. The Morgan fingerprint density at radius 3 is 2.64 bits per heavy atom. The van der Waals surface area contributed by atoms with Crippen molar-refractivity contribution in [1.82, 2.24) is 9.58 Å². The molecule has 0 amide bonds. The maximum Gasteiger partial charge on any atom is 0.168 e. The predicted octanol–water partition coefficient (Wildman–Crippen LogP) is 0.184. The minimum Gasteiger partial charge on any atom is -0.310 e. The third-order valence-electron chi connectivity index (χ3n) is 2.66. The van der Waals surface area contributed by atoms with E-state index in [1.807, 2.05) is 23.0 Å². The average Bonchev–Trinajstić information content (AvgIpc) is 2.67. The standard InChI is InChI=1S/C10H15N3O/c1-11-5-7-12(8-6-11)13-4-2-3-10(13)9-14/h2-4,9H,5-8H2,1H3. The lowest BCUT2D eigenvalue weighted by atomic mass is 10.4. The van der Waals surface area contributed by atoms with Crippen LogP contribution in [0, 0.1) is 0 Å². The second-order valence-corrected chi connectivity index (χ2v) is 3.65. The molecule has 0 spiro atoms. The molecule has 0 saturated carbocycles. The monoisotopic (exact) mass is 193 g/mol. The molecular weight excluding hydrogens is 178 g/mol. The lowest BCUT2D eigenvalue weighted by Crippen LogP contribution is -2.50. The second-order valence-electron chi connectivity index (χ2n) is 3.65. The van der Waals surface area contributed by atoms with Gasteiger partial charge < -0.3 is 9.91 Å². The van der Waals surface area contributed by atoms with E-state index in [1.165, 1.54) is 0 Å². The molecule has 0 bridgehead atoms. The summed E-state index contributed by atoms with van der Waals surface area (Å²) >= 11 is 0. The maximum atomic E-state index is 10.7.